The number of anilines is 1. The summed E-state index contributed by atoms with van der Waals surface area (Å²) in [6.45, 7) is 0.326. The van der Waals surface area contributed by atoms with Gasteiger partial charge in [-0.25, -0.2) is 4.98 Å². The number of carbonyl (C=O) groups excluding carboxylic acids is 1. The lowest BCUT2D eigenvalue weighted by molar-refractivity contribution is -0.146. The molecule has 1 aromatic carbocycles. The maximum Gasteiger partial charge on any atom is 0.310 e. The van der Waals surface area contributed by atoms with E-state index in [0.717, 1.165) is 10.2 Å². The Kier molecular flexibility index (Phi) is 2.40. The molecule has 0 radical (unpaired) electrons. The van der Waals surface area contributed by atoms with E-state index in [1.165, 1.54) is 11.3 Å². The summed E-state index contributed by atoms with van der Waals surface area (Å²) in [7, 11) is 0. The van der Waals surface area contributed by atoms with Crippen molar-refractivity contribution in [1.82, 2.24) is 4.98 Å². The molecule has 1 amide bonds. The number of carbonyl (C=O) groups is 2. The van der Waals surface area contributed by atoms with Crippen molar-refractivity contribution in [1.29, 1.82) is 0 Å². The van der Waals surface area contributed by atoms with Gasteiger partial charge in [0.15, 0.2) is 5.13 Å². The van der Waals surface area contributed by atoms with E-state index in [2.05, 4.69) is 4.98 Å². The highest BCUT2D eigenvalue weighted by atomic mass is 32.1. The van der Waals surface area contributed by atoms with Crippen molar-refractivity contribution in [2.45, 2.75) is 11.7 Å². The zero-order valence-corrected chi connectivity index (χ0v) is 12.7. The van der Waals surface area contributed by atoms with Crippen LogP contribution in [0.2, 0.25) is 0 Å². The summed E-state index contributed by atoms with van der Waals surface area (Å²) in [5.74, 6) is -2.66. The third-order valence-electron chi connectivity index (χ3n) is 4.90. The lowest BCUT2D eigenvalue weighted by atomic mass is 9.77. The summed E-state index contributed by atoms with van der Waals surface area (Å²) in [6, 6.07) is 7.69. The van der Waals surface area contributed by atoms with Crippen molar-refractivity contribution >= 4 is 38.6 Å². The van der Waals surface area contributed by atoms with Crippen LogP contribution in [-0.4, -0.2) is 40.2 Å². The molecule has 116 valence electrons. The van der Waals surface area contributed by atoms with Crippen LogP contribution in [0.25, 0.3) is 10.2 Å². The highest BCUT2D eigenvalue weighted by Crippen LogP contribution is 2.53. The fourth-order valence-electron chi connectivity index (χ4n) is 3.92. The van der Waals surface area contributed by atoms with Crippen LogP contribution in [0.15, 0.2) is 36.4 Å². The number of carboxylic acid groups (broad SMARTS) is 1. The number of benzene rings is 1. The number of ether oxygens (including phenoxy) is 1. The molecule has 4 atom stereocenters. The maximum atomic E-state index is 12.9. The van der Waals surface area contributed by atoms with E-state index in [9.17, 15) is 14.7 Å². The molecule has 0 aliphatic carbocycles. The largest absolute Gasteiger partial charge is 0.481 e. The van der Waals surface area contributed by atoms with Crippen LogP contribution in [0.4, 0.5) is 5.13 Å². The number of aromatic nitrogens is 1. The van der Waals surface area contributed by atoms with Gasteiger partial charge in [0.25, 0.3) is 0 Å². The molecule has 1 N–H and O–H groups in total. The summed E-state index contributed by atoms with van der Waals surface area (Å²) < 4.78 is 6.88. The predicted molar refractivity (Wildman–Crippen MR) is 83.3 cm³/mol. The molecule has 2 aromatic rings. The van der Waals surface area contributed by atoms with Gasteiger partial charge in [0.05, 0.1) is 28.8 Å². The van der Waals surface area contributed by atoms with E-state index < -0.39 is 29.5 Å². The van der Waals surface area contributed by atoms with Crippen LogP contribution in [-0.2, 0) is 14.3 Å². The van der Waals surface area contributed by atoms with Crippen molar-refractivity contribution in [3.05, 3.63) is 36.4 Å². The Bertz CT molecular complexity index is 858. The molecule has 1 spiro atoms. The van der Waals surface area contributed by atoms with Crippen LogP contribution in [0.5, 0.6) is 0 Å². The zero-order valence-electron chi connectivity index (χ0n) is 11.9. The molecule has 3 aliphatic rings. The van der Waals surface area contributed by atoms with Gasteiger partial charge in [0.1, 0.15) is 11.5 Å². The van der Waals surface area contributed by atoms with Crippen LogP contribution in [0.3, 0.4) is 0 Å². The summed E-state index contributed by atoms with van der Waals surface area (Å²) in [5, 5.41) is 10.1. The number of carboxylic acids is 1. The van der Waals surface area contributed by atoms with Gasteiger partial charge in [0, 0.05) is 0 Å². The Balaban J connectivity index is 1.58. The number of rotatable bonds is 2. The van der Waals surface area contributed by atoms with E-state index in [1.54, 1.807) is 11.0 Å². The topological polar surface area (TPSA) is 79.7 Å². The molecule has 3 aliphatic heterocycles. The molecule has 0 saturated carbocycles. The first kappa shape index (κ1) is 13.2. The summed E-state index contributed by atoms with van der Waals surface area (Å²) in [4.78, 5) is 30.5. The minimum absolute atomic E-state index is 0.205. The van der Waals surface area contributed by atoms with Crippen molar-refractivity contribution in [3.8, 4) is 0 Å². The monoisotopic (exact) mass is 328 g/mol. The Hall–Kier alpha value is -2.25. The average molecular weight is 328 g/mol. The molecule has 6 nitrogen and oxygen atoms in total. The van der Waals surface area contributed by atoms with Gasteiger partial charge in [-0.15, -0.1) is 0 Å². The fourth-order valence-corrected chi connectivity index (χ4v) is 4.89. The van der Waals surface area contributed by atoms with Crippen molar-refractivity contribution in [2.75, 3.05) is 11.4 Å². The zero-order chi connectivity index (χ0) is 15.8. The average Bonchev–Trinajstić information content (AvgIpc) is 3.25. The van der Waals surface area contributed by atoms with E-state index >= 15 is 0 Å². The van der Waals surface area contributed by atoms with E-state index in [-0.39, 0.29) is 5.91 Å². The first-order valence-corrected chi connectivity index (χ1v) is 8.18. The van der Waals surface area contributed by atoms with Crippen molar-refractivity contribution in [3.63, 3.8) is 0 Å². The number of amides is 1. The maximum absolute atomic E-state index is 12.9. The number of fused-ring (bicyclic) bond motifs is 2. The Morgan fingerprint density at radius 3 is 3.04 bits per heavy atom. The normalized spacial score (nSPS) is 34.5. The first-order chi connectivity index (χ1) is 11.1. The van der Waals surface area contributed by atoms with Crippen LogP contribution < -0.4 is 4.90 Å². The predicted octanol–water partition coefficient (Wildman–Crippen LogP) is 1.67. The number of hydrogen-bond donors (Lipinski definition) is 1. The van der Waals surface area contributed by atoms with Crippen LogP contribution in [0.1, 0.15) is 0 Å². The number of thiazole rings is 1. The molecule has 4 heterocycles. The number of para-hydroxylation sites is 1. The Morgan fingerprint density at radius 1 is 1.43 bits per heavy atom. The van der Waals surface area contributed by atoms with Gasteiger partial charge in [0.2, 0.25) is 5.91 Å². The summed E-state index contributed by atoms with van der Waals surface area (Å²) in [5.41, 5.74) is 0.0215. The van der Waals surface area contributed by atoms with Gasteiger partial charge < -0.3 is 9.84 Å². The standard InChI is InChI=1S/C16H12N2O4S/c19-13-12-11(14(20)21)9-5-6-16(12,22-9)7-18(13)15-17-8-3-1-2-4-10(8)23-15/h1-6,9,11-12H,7H2,(H,20,21)/t9-,11-,12+,16+/m0/s1. The summed E-state index contributed by atoms with van der Waals surface area (Å²) in [6.07, 6.45) is 3.12. The van der Waals surface area contributed by atoms with Gasteiger partial charge in [-0.1, -0.05) is 35.6 Å². The van der Waals surface area contributed by atoms with Gasteiger partial charge in [-0.3, -0.25) is 14.5 Å². The van der Waals surface area contributed by atoms with Crippen molar-refractivity contribution in [2.24, 2.45) is 11.8 Å². The molecular weight excluding hydrogens is 316 g/mol. The van der Waals surface area contributed by atoms with Gasteiger partial charge in [-0.05, 0) is 12.1 Å². The van der Waals surface area contributed by atoms with Gasteiger partial charge in [-0.2, -0.15) is 0 Å². The Morgan fingerprint density at radius 2 is 2.26 bits per heavy atom. The minimum Gasteiger partial charge on any atom is -0.481 e. The van der Waals surface area contributed by atoms with Crippen LogP contribution >= 0.6 is 11.3 Å². The number of hydrogen-bond acceptors (Lipinski definition) is 5. The molecule has 2 bridgehead atoms. The molecule has 1 aromatic heterocycles. The van der Waals surface area contributed by atoms with Crippen molar-refractivity contribution < 1.29 is 19.4 Å². The van der Waals surface area contributed by atoms with E-state index in [4.69, 9.17) is 4.74 Å². The minimum atomic E-state index is -0.981. The number of nitrogens with zero attached hydrogens (tertiary/aromatic N) is 2. The van der Waals surface area contributed by atoms with Crippen LogP contribution in [0, 0.1) is 11.8 Å². The molecule has 0 unspecified atom stereocenters. The lowest BCUT2D eigenvalue weighted by Crippen LogP contribution is -2.39. The first-order valence-electron chi connectivity index (χ1n) is 7.36. The highest BCUT2D eigenvalue weighted by Gasteiger charge is 2.67. The van der Waals surface area contributed by atoms with E-state index in [1.807, 2.05) is 30.3 Å². The third kappa shape index (κ3) is 1.58. The second kappa shape index (κ2) is 4.18. The highest BCUT2D eigenvalue weighted by molar-refractivity contribution is 7.22. The second-order valence-electron chi connectivity index (χ2n) is 6.13. The molecule has 5 rings (SSSR count). The molecule has 23 heavy (non-hydrogen) atoms. The molecule has 2 fully saturated rings. The van der Waals surface area contributed by atoms with E-state index in [0.29, 0.717) is 11.7 Å². The lowest BCUT2D eigenvalue weighted by Gasteiger charge is -2.21. The molecular formula is C16H12N2O4S. The van der Waals surface area contributed by atoms with Gasteiger partial charge >= 0.3 is 5.97 Å². The molecule has 2 saturated heterocycles. The number of aliphatic carboxylic acids is 1. The second-order valence-corrected chi connectivity index (χ2v) is 7.14. The smallest absolute Gasteiger partial charge is 0.310 e. The Labute approximate surface area is 135 Å². The quantitative estimate of drug-likeness (QED) is 0.848. The fraction of sp³-hybridized carbons (Fsp3) is 0.312. The molecule has 7 heteroatoms. The SMILES string of the molecule is O=C(O)[C@H]1[C@@H]2C=C[C@]3(CN(c4nc5ccccc5s4)C(=O)[C@@H]13)O2. The summed E-state index contributed by atoms with van der Waals surface area (Å²) >= 11 is 1.44. The third-order valence-corrected chi connectivity index (χ3v) is 5.96.